The van der Waals surface area contributed by atoms with Crippen LogP contribution in [0.1, 0.15) is 31.2 Å². The van der Waals surface area contributed by atoms with Crippen molar-refractivity contribution in [3.05, 3.63) is 35.9 Å². The number of carboxylic acid groups (broad SMARTS) is 1. The fraction of sp³-hybridized carbons (Fsp3) is 0.400. The maximum Gasteiger partial charge on any atom is 0.306 e. The summed E-state index contributed by atoms with van der Waals surface area (Å²) in [4.78, 5) is 10.8. The third-order valence-corrected chi connectivity index (χ3v) is 3.27. The summed E-state index contributed by atoms with van der Waals surface area (Å²) in [6.45, 7) is 0. The van der Waals surface area contributed by atoms with Gasteiger partial charge < -0.3 is 5.11 Å². The van der Waals surface area contributed by atoms with Gasteiger partial charge in [0, 0.05) is 11.5 Å². The highest BCUT2D eigenvalue weighted by Gasteiger charge is 2.24. The van der Waals surface area contributed by atoms with Gasteiger partial charge in [0.05, 0.1) is 5.92 Å². The molecule has 0 atom stereocenters. The molecule has 1 aromatic rings. The lowest BCUT2D eigenvalue weighted by Gasteiger charge is -2.22. The van der Waals surface area contributed by atoms with Crippen molar-refractivity contribution in [3.63, 3.8) is 0 Å². The molecule has 2 nitrogen and oxygen atoms in total. The van der Waals surface area contributed by atoms with Gasteiger partial charge in [-0.1, -0.05) is 30.0 Å². The summed E-state index contributed by atoms with van der Waals surface area (Å²) in [5.41, 5.74) is 1.04. The molecule has 0 aliphatic heterocycles. The molecule has 0 amide bonds. The minimum absolute atomic E-state index is 0.148. The Labute approximate surface area is 102 Å². The van der Waals surface area contributed by atoms with Gasteiger partial charge >= 0.3 is 5.97 Å². The number of benzene rings is 1. The quantitative estimate of drug-likeness (QED) is 0.750. The predicted octanol–water partition coefficient (Wildman–Crippen LogP) is 2.93. The Bertz CT molecular complexity index is 431. The summed E-state index contributed by atoms with van der Waals surface area (Å²) in [6.07, 6.45) is 3.36. The van der Waals surface area contributed by atoms with Crippen molar-refractivity contribution < 1.29 is 9.90 Å². The SMILES string of the molecule is O=C(O)C1CCC(C#Cc2ccccc2)CC1. The number of rotatable bonds is 1. The van der Waals surface area contributed by atoms with Crippen LogP contribution in [0.4, 0.5) is 0 Å². The minimum Gasteiger partial charge on any atom is -0.481 e. The second kappa shape index (κ2) is 5.54. The van der Waals surface area contributed by atoms with Crippen LogP contribution in [0, 0.1) is 23.7 Å². The first-order valence-corrected chi connectivity index (χ1v) is 6.05. The van der Waals surface area contributed by atoms with Crippen molar-refractivity contribution in [1.29, 1.82) is 0 Å². The monoisotopic (exact) mass is 228 g/mol. The smallest absolute Gasteiger partial charge is 0.306 e. The molecule has 1 aliphatic carbocycles. The van der Waals surface area contributed by atoms with Gasteiger partial charge in [0.25, 0.3) is 0 Å². The molecule has 0 spiro atoms. The van der Waals surface area contributed by atoms with E-state index in [1.165, 1.54) is 0 Å². The number of carbonyl (C=O) groups is 1. The lowest BCUT2D eigenvalue weighted by Crippen LogP contribution is -2.20. The molecule has 1 saturated carbocycles. The van der Waals surface area contributed by atoms with Gasteiger partial charge in [-0.05, 0) is 37.8 Å². The zero-order valence-electron chi connectivity index (χ0n) is 9.73. The second-order valence-corrected chi connectivity index (χ2v) is 4.52. The van der Waals surface area contributed by atoms with Gasteiger partial charge in [-0.15, -0.1) is 0 Å². The maximum atomic E-state index is 10.8. The molecule has 0 bridgehead atoms. The Balaban J connectivity index is 1.91. The molecule has 0 saturated heterocycles. The highest BCUT2D eigenvalue weighted by Crippen LogP contribution is 2.28. The topological polar surface area (TPSA) is 37.3 Å². The summed E-state index contributed by atoms with van der Waals surface area (Å²) in [5.74, 6) is 5.98. The Kier molecular flexibility index (Phi) is 3.82. The lowest BCUT2D eigenvalue weighted by atomic mass is 9.82. The average Bonchev–Trinajstić information content (AvgIpc) is 2.38. The van der Waals surface area contributed by atoms with Crippen molar-refractivity contribution in [2.24, 2.45) is 11.8 Å². The van der Waals surface area contributed by atoms with Crippen molar-refractivity contribution >= 4 is 5.97 Å². The van der Waals surface area contributed by atoms with E-state index in [-0.39, 0.29) is 5.92 Å². The van der Waals surface area contributed by atoms with E-state index < -0.39 is 5.97 Å². The summed E-state index contributed by atoms with van der Waals surface area (Å²) in [5, 5.41) is 8.90. The van der Waals surface area contributed by atoms with Crippen molar-refractivity contribution in [1.82, 2.24) is 0 Å². The molecule has 1 aromatic carbocycles. The molecule has 0 unspecified atom stereocenters. The Hall–Kier alpha value is -1.75. The highest BCUT2D eigenvalue weighted by atomic mass is 16.4. The predicted molar refractivity (Wildman–Crippen MR) is 66.4 cm³/mol. The summed E-state index contributed by atoms with van der Waals surface area (Å²) in [6, 6.07) is 9.92. The van der Waals surface area contributed by atoms with Crippen LogP contribution in [0.25, 0.3) is 0 Å². The van der Waals surface area contributed by atoms with Gasteiger partial charge in [0.1, 0.15) is 0 Å². The van der Waals surface area contributed by atoms with Gasteiger partial charge in [-0.2, -0.15) is 0 Å². The molecule has 2 heteroatoms. The van der Waals surface area contributed by atoms with Crippen molar-refractivity contribution in [2.75, 3.05) is 0 Å². The largest absolute Gasteiger partial charge is 0.481 e. The van der Waals surface area contributed by atoms with E-state index in [0.717, 1.165) is 31.2 Å². The van der Waals surface area contributed by atoms with Crippen LogP contribution in [-0.2, 0) is 4.79 Å². The first kappa shape index (κ1) is 11.7. The van der Waals surface area contributed by atoms with E-state index >= 15 is 0 Å². The Morgan fingerprint density at radius 2 is 1.76 bits per heavy atom. The molecule has 0 heterocycles. The van der Waals surface area contributed by atoms with Crippen LogP contribution < -0.4 is 0 Å². The van der Waals surface area contributed by atoms with Crippen LogP contribution in [0.2, 0.25) is 0 Å². The average molecular weight is 228 g/mol. The van der Waals surface area contributed by atoms with Gasteiger partial charge in [-0.3, -0.25) is 4.79 Å². The van der Waals surface area contributed by atoms with E-state index in [4.69, 9.17) is 5.11 Å². The molecule has 1 aliphatic rings. The molecule has 0 radical (unpaired) electrons. The van der Waals surface area contributed by atoms with Crippen LogP contribution in [-0.4, -0.2) is 11.1 Å². The van der Waals surface area contributed by atoms with Gasteiger partial charge in [-0.25, -0.2) is 0 Å². The van der Waals surface area contributed by atoms with Crippen LogP contribution in [0.15, 0.2) is 30.3 Å². The summed E-state index contributed by atoms with van der Waals surface area (Å²) >= 11 is 0. The number of carboxylic acids is 1. The van der Waals surface area contributed by atoms with E-state index in [1.54, 1.807) is 0 Å². The molecular weight excluding hydrogens is 212 g/mol. The first-order chi connectivity index (χ1) is 8.25. The molecule has 1 fully saturated rings. The number of hydrogen-bond donors (Lipinski definition) is 1. The number of hydrogen-bond acceptors (Lipinski definition) is 1. The van der Waals surface area contributed by atoms with E-state index in [9.17, 15) is 4.79 Å². The van der Waals surface area contributed by atoms with E-state index in [2.05, 4.69) is 11.8 Å². The van der Waals surface area contributed by atoms with E-state index in [1.807, 2.05) is 30.3 Å². The van der Waals surface area contributed by atoms with Crippen LogP contribution >= 0.6 is 0 Å². The Morgan fingerprint density at radius 3 is 2.35 bits per heavy atom. The van der Waals surface area contributed by atoms with Crippen LogP contribution in [0.3, 0.4) is 0 Å². The molecule has 0 aromatic heterocycles. The second-order valence-electron chi connectivity index (χ2n) is 4.52. The van der Waals surface area contributed by atoms with E-state index in [0.29, 0.717) is 5.92 Å². The first-order valence-electron chi connectivity index (χ1n) is 6.05. The lowest BCUT2D eigenvalue weighted by molar-refractivity contribution is -0.142. The Morgan fingerprint density at radius 1 is 1.12 bits per heavy atom. The fourth-order valence-electron chi connectivity index (χ4n) is 2.19. The summed E-state index contributed by atoms with van der Waals surface area (Å²) < 4.78 is 0. The standard InChI is InChI=1S/C15H16O2/c16-15(17)14-10-8-13(9-11-14)7-6-12-4-2-1-3-5-12/h1-5,13-14H,8-11H2,(H,16,17). The van der Waals surface area contributed by atoms with Crippen molar-refractivity contribution in [3.8, 4) is 11.8 Å². The maximum absolute atomic E-state index is 10.8. The van der Waals surface area contributed by atoms with Crippen LogP contribution in [0.5, 0.6) is 0 Å². The normalized spacial score (nSPS) is 23.5. The van der Waals surface area contributed by atoms with Gasteiger partial charge in [0.2, 0.25) is 0 Å². The molecule has 1 N–H and O–H groups in total. The summed E-state index contributed by atoms with van der Waals surface area (Å²) in [7, 11) is 0. The van der Waals surface area contributed by atoms with Gasteiger partial charge in [0.15, 0.2) is 0 Å². The number of aliphatic carboxylic acids is 1. The third kappa shape index (κ3) is 3.35. The zero-order valence-corrected chi connectivity index (χ0v) is 9.73. The highest BCUT2D eigenvalue weighted by molar-refractivity contribution is 5.70. The molecule has 17 heavy (non-hydrogen) atoms. The zero-order chi connectivity index (χ0) is 12.1. The fourth-order valence-corrected chi connectivity index (χ4v) is 2.19. The minimum atomic E-state index is -0.653. The molecule has 2 rings (SSSR count). The molecule has 88 valence electrons. The van der Waals surface area contributed by atoms with Crippen molar-refractivity contribution in [2.45, 2.75) is 25.7 Å². The third-order valence-electron chi connectivity index (χ3n) is 3.27. The molecular formula is C15H16O2.